The standard InChI is InChI=1S/C8H9BrN2O2/c1-2-13-8(12)6-4-3-5(10)7(9)11-6/h3-4H,2,10H2,1H3. The molecule has 1 aromatic rings. The van der Waals surface area contributed by atoms with Gasteiger partial charge in [0.05, 0.1) is 12.3 Å². The van der Waals surface area contributed by atoms with Crippen LogP contribution in [0.25, 0.3) is 0 Å². The van der Waals surface area contributed by atoms with E-state index in [9.17, 15) is 4.79 Å². The zero-order chi connectivity index (χ0) is 9.84. The first-order valence-corrected chi connectivity index (χ1v) is 4.53. The van der Waals surface area contributed by atoms with E-state index in [4.69, 9.17) is 10.5 Å². The van der Waals surface area contributed by atoms with Crippen molar-refractivity contribution in [2.45, 2.75) is 6.92 Å². The molecule has 0 atom stereocenters. The van der Waals surface area contributed by atoms with Crippen LogP contribution in [-0.2, 0) is 4.74 Å². The van der Waals surface area contributed by atoms with Crippen molar-refractivity contribution in [3.05, 3.63) is 22.4 Å². The van der Waals surface area contributed by atoms with Crippen LogP contribution >= 0.6 is 15.9 Å². The lowest BCUT2D eigenvalue weighted by atomic mass is 10.3. The van der Waals surface area contributed by atoms with E-state index in [1.165, 1.54) is 6.07 Å². The van der Waals surface area contributed by atoms with Gasteiger partial charge in [-0.15, -0.1) is 0 Å². The molecule has 0 spiro atoms. The summed E-state index contributed by atoms with van der Waals surface area (Å²) in [7, 11) is 0. The van der Waals surface area contributed by atoms with E-state index in [2.05, 4.69) is 20.9 Å². The first kappa shape index (κ1) is 9.98. The minimum Gasteiger partial charge on any atom is -0.461 e. The fourth-order valence-electron chi connectivity index (χ4n) is 0.764. The van der Waals surface area contributed by atoms with Crippen molar-refractivity contribution in [1.82, 2.24) is 4.98 Å². The molecule has 1 rings (SSSR count). The Balaban J connectivity index is 2.90. The summed E-state index contributed by atoms with van der Waals surface area (Å²) in [5.74, 6) is -0.441. The van der Waals surface area contributed by atoms with Crippen LogP contribution in [0, 0.1) is 0 Å². The Bertz CT molecular complexity index is 328. The molecule has 1 aromatic heterocycles. The van der Waals surface area contributed by atoms with Crippen molar-refractivity contribution in [2.75, 3.05) is 12.3 Å². The number of pyridine rings is 1. The molecule has 0 amide bonds. The number of hydrogen-bond donors (Lipinski definition) is 1. The quantitative estimate of drug-likeness (QED) is 0.634. The third-order valence-corrected chi connectivity index (χ3v) is 2.00. The number of ether oxygens (including phenoxy) is 1. The number of carbonyl (C=O) groups is 1. The topological polar surface area (TPSA) is 65.2 Å². The van der Waals surface area contributed by atoms with Crippen molar-refractivity contribution in [3.8, 4) is 0 Å². The van der Waals surface area contributed by atoms with Crippen LogP contribution in [0.1, 0.15) is 17.4 Å². The summed E-state index contributed by atoms with van der Waals surface area (Å²) < 4.78 is 5.22. The minimum atomic E-state index is -0.441. The van der Waals surface area contributed by atoms with Gasteiger partial charge in [0.2, 0.25) is 0 Å². The lowest BCUT2D eigenvalue weighted by molar-refractivity contribution is 0.0519. The summed E-state index contributed by atoms with van der Waals surface area (Å²) >= 11 is 3.12. The summed E-state index contributed by atoms with van der Waals surface area (Å²) in [5, 5.41) is 0. The number of esters is 1. The second-order valence-electron chi connectivity index (χ2n) is 2.30. The van der Waals surface area contributed by atoms with Gasteiger partial charge in [0, 0.05) is 0 Å². The van der Waals surface area contributed by atoms with E-state index in [-0.39, 0.29) is 5.69 Å². The number of nitrogens with two attached hydrogens (primary N) is 1. The summed E-state index contributed by atoms with van der Waals surface area (Å²) in [4.78, 5) is 15.1. The summed E-state index contributed by atoms with van der Waals surface area (Å²) in [6, 6.07) is 3.13. The van der Waals surface area contributed by atoms with Crippen LogP contribution in [0.5, 0.6) is 0 Å². The summed E-state index contributed by atoms with van der Waals surface area (Å²) in [6.07, 6.45) is 0. The van der Waals surface area contributed by atoms with Crippen molar-refractivity contribution < 1.29 is 9.53 Å². The molecule has 0 saturated carbocycles. The number of nitrogen functional groups attached to an aromatic ring is 1. The highest BCUT2D eigenvalue weighted by Crippen LogP contribution is 2.16. The Morgan fingerprint density at radius 1 is 1.69 bits per heavy atom. The molecule has 0 fully saturated rings. The van der Waals surface area contributed by atoms with E-state index < -0.39 is 5.97 Å². The molecule has 0 radical (unpaired) electrons. The van der Waals surface area contributed by atoms with Crippen LogP contribution in [0.3, 0.4) is 0 Å². The largest absolute Gasteiger partial charge is 0.461 e. The lowest BCUT2D eigenvalue weighted by Crippen LogP contribution is -2.07. The van der Waals surface area contributed by atoms with Gasteiger partial charge < -0.3 is 10.5 Å². The Hall–Kier alpha value is -1.10. The second-order valence-corrected chi connectivity index (χ2v) is 3.05. The van der Waals surface area contributed by atoms with Crippen LogP contribution in [0.2, 0.25) is 0 Å². The third-order valence-electron chi connectivity index (χ3n) is 1.36. The number of hydrogen-bond acceptors (Lipinski definition) is 4. The summed E-state index contributed by atoms with van der Waals surface area (Å²) in [6.45, 7) is 2.08. The molecule has 1 heterocycles. The predicted molar refractivity (Wildman–Crippen MR) is 52.3 cm³/mol. The maximum absolute atomic E-state index is 11.2. The molecule has 13 heavy (non-hydrogen) atoms. The van der Waals surface area contributed by atoms with Gasteiger partial charge in [0.25, 0.3) is 0 Å². The van der Waals surface area contributed by atoms with Crippen LogP contribution in [0.15, 0.2) is 16.7 Å². The molecule has 0 aliphatic heterocycles. The molecule has 70 valence electrons. The highest BCUT2D eigenvalue weighted by Gasteiger charge is 2.09. The van der Waals surface area contributed by atoms with Crippen molar-refractivity contribution in [3.63, 3.8) is 0 Å². The van der Waals surface area contributed by atoms with E-state index in [1.54, 1.807) is 13.0 Å². The Labute approximate surface area is 84.2 Å². The Morgan fingerprint density at radius 2 is 2.38 bits per heavy atom. The van der Waals surface area contributed by atoms with E-state index in [1.807, 2.05) is 0 Å². The molecule has 0 aliphatic rings. The van der Waals surface area contributed by atoms with E-state index in [0.29, 0.717) is 16.9 Å². The van der Waals surface area contributed by atoms with Gasteiger partial charge in [0.15, 0.2) is 0 Å². The first-order chi connectivity index (χ1) is 6.15. The molecular weight excluding hydrogens is 236 g/mol. The molecule has 4 nitrogen and oxygen atoms in total. The number of carbonyl (C=O) groups excluding carboxylic acids is 1. The van der Waals surface area contributed by atoms with Gasteiger partial charge in [-0.3, -0.25) is 0 Å². The lowest BCUT2D eigenvalue weighted by Gasteiger charge is -2.02. The van der Waals surface area contributed by atoms with Crippen LogP contribution in [0.4, 0.5) is 5.69 Å². The molecule has 0 saturated heterocycles. The maximum Gasteiger partial charge on any atom is 0.356 e. The molecule has 5 heteroatoms. The molecule has 0 unspecified atom stereocenters. The van der Waals surface area contributed by atoms with Crippen LogP contribution < -0.4 is 5.73 Å². The SMILES string of the molecule is CCOC(=O)c1ccc(N)c(Br)n1. The third kappa shape index (κ3) is 2.42. The van der Waals surface area contributed by atoms with Crippen LogP contribution in [-0.4, -0.2) is 17.6 Å². The van der Waals surface area contributed by atoms with Gasteiger partial charge >= 0.3 is 5.97 Å². The highest BCUT2D eigenvalue weighted by molar-refractivity contribution is 9.10. The van der Waals surface area contributed by atoms with Gasteiger partial charge in [-0.2, -0.15) is 0 Å². The molecule has 0 bridgehead atoms. The number of rotatable bonds is 2. The van der Waals surface area contributed by atoms with E-state index >= 15 is 0 Å². The average molecular weight is 245 g/mol. The first-order valence-electron chi connectivity index (χ1n) is 3.74. The van der Waals surface area contributed by atoms with Crippen molar-refractivity contribution in [2.24, 2.45) is 0 Å². The van der Waals surface area contributed by atoms with Crippen molar-refractivity contribution in [1.29, 1.82) is 0 Å². The van der Waals surface area contributed by atoms with Gasteiger partial charge in [-0.05, 0) is 35.0 Å². The fraction of sp³-hybridized carbons (Fsp3) is 0.250. The second kappa shape index (κ2) is 4.23. The number of halogens is 1. The fourth-order valence-corrected chi connectivity index (χ4v) is 1.09. The average Bonchev–Trinajstić information content (AvgIpc) is 2.10. The highest BCUT2D eigenvalue weighted by atomic mass is 79.9. The Kier molecular flexibility index (Phi) is 3.25. The van der Waals surface area contributed by atoms with Gasteiger partial charge in [-0.1, -0.05) is 0 Å². The van der Waals surface area contributed by atoms with E-state index in [0.717, 1.165) is 0 Å². The molecular formula is C8H9BrN2O2. The molecule has 0 aliphatic carbocycles. The number of aromatic nitrogens is 1. The Morgan fingerprint density at radius 3 is 2.92 bits per heavy atom. The zero-order valence-electron chi connectivity index (χ0n) is 7.08. The van der Waals surface area contributed by atoms with Gasteiger partial charge in [-0.25, -0.2) is 9.78 Å². The van der Waals surface area contributed by atoms with Gasteiger partial charge in [0.1, 0.15) is 10.3 Å². The predicted octanol–water partition coefficient (Wildman–Crippen LogP) is 1.60. The smallest absolute Gasteiger partial charge is 0.356 e. The minimum absolute atomic E-state index is 0.253. The van der Waals surface area contributed by atoms with Crippen molar-refractivity contribution >= 4 is 27.6 Å². The normalized spacial score (nSPS) is 9.69. The maximum atomic E-state index is 11.2. The summed E-state index contributed by atoms with van der Waals surface area (Å²) in [5.41, 5.74) is 6.25. The monoisotopic (exact) mass is 244 g/mol. The molecule has 2 N–H and O–H groups in total. The number of anilines is 1. The molecule has 0 aromatic carbocycles. The number of nitrogens with zero attached hydrogens (tertiary/aromatic N) is 1. The zero-order valence-corrected chi connectivity index (χ0v) is 8.67.